The van der Waals surface area contributed by atoms with Gasteiger partial charge in [0.2, 0.25) is 0 Å². The molecule has 0 aliphatic carbocycles. The minimum atomic E-state index is -0.359. The molecule has 9 nitrogen and oxygen atoms in total. The molecule has 2 heterocycles. The Morgan fingerprint density at radius 2 is 2.26 bits per heavy atom. The number of hydrogen-bond donors (Lipinski definition) is 4. The highest BCUT2D eigenvalue weighted by Gasteiger charge is 2.17. The van der Waals surface area contributed by atoms with Gasteiger partial charge in [-0.3, -0.25) is 14.6 Å². The summed E-state index contributed by atoms with van der Waals surface area (Å²) in [6, 6.07) is 0. The molecule has 100 valence electrons. The Labute approximate surface area is 108 Å². The van der Waals surface area contributed by atoms with E-state index in [2.05, 4.69) is 25.8 Å². The quantitative estimate of drug-likeness (QED) is 0.263. The van der Waals surface area contributed by atoms with Gasteiger partial charge in [0.25, 0.3) is 5.91 Å². The van der Waals surface area contributed by atoms with Crippen molar-refractivity contribution in [1.29, 1.82) is 0 Å². The topological polar surface area (TPSA) is 134 Å². The molecule has 9 heteroatoms. The fourth-order valence-electron chi connectivity index (χ4n) is 1.53. The molecule has 0 spiro atoms. The molecule has 5 N–H and O–H groups in total. The van der Waals surface area contributed by atoms with Gasteiger partial charge in [0, 0.05) is 12.7 Å². The van der Waals surface area contributed by atoms with E-state index in [1.54, 1.807) is 18.7 Å². The van der Waals surface area contributed by atoms with Crippen molar-refractivity contribution in [3.05, 3.63) is 29.2 Å². The van der Waals surface area contributed by atoms with Gasteiger partial charge < -0.3 is 16.3 Å². The Kier molecular flexibility index (Phi) is 3.19. The highest BCUT2D eigenvalue weighted by Crippen LogP contribution is 2.13. The Bertz CT molecular complexity index is 640. The Morgan fingerprint density at radius 1 is 1.53 bits per heavy atom. The lowest BCUT2D eigenvalue weighted by Gasteiger charge is -2.04. The summed E-state index contributed by atoms with van der Waals surface area (Å²) in [5, 5.41) is 24.4. The van der Waals surface area contributed by atoms with Gasteiger partial charge in [0.1, 0.15) is 5.82 Å². The molecule has 2 rings (SSSR count). The summed E-state index contributed by atoms with van der Waals surface area (Å²) in [5.74, 6) is -0.252. The van der Waals surface area contributed by atoms with Gasteiger partial charge in [-0.1, -0.05) is 5.16 Å². The number of rotatable bonds is 3. The molecule has 0 bridgehead atoms. The summed E-state index contributed by atoms with van der Waals surface area (Å²) in [6.45, 7) is 1.78. The Hall–Kier alpha value is -2.84. The van der Waals surface area contributed by atoms with Crippen LogP contribution in [0, 0.1) is 6.92 Å². The van der Waals surface area contributed by atoms with Gasteiger partial charge in [0.15, 0.2) is 5.84 Å². The van der Waals surface area contributed by atoms with Crippen LogP contribution in [0.3, 0.4) is 0 Å². The fraction of sp³-hybridized carbons (Fsp3) is 0.200. The number of nitrogens with one attached hydrogen (secondary N) is 2. The normalized spacial score (nSPS) is 11.6. The van der Waals surface area contributed by atoms with Crippen molar-refractivity contribution in [1.82, 2.24) is 20.0 Å². The third kappa shape index (κ3) is 2.25. The summed E-state index contributed by atoms with van der Waals surface area (Å²) >= 11 is 0. The zero-order valence-electron chi connectivity index (χ0n) is 10.4. The number of nitrogens with two attached hydrogens (primary N) is 1. The lowest BCUT2D eigenvalue weighted by molar-refractivity contribution is 0.102. The SMILES string of the molecule is Cc1c(C(=O)Nc2[nH]ncc2C(N)=NO)cnn1C. The smallest absolute Gasteiger partial charge is 0.260 e. The minimum absolute atomic E-state index is 0.146. The van der Waals surface area contributed by atoms with Gasteiger partial charge in [-0.05, 0) is 6.92 Å². The maximum absolute atomic E-state index is 12.1. The minimum Gasteiger partial charge on any atom is -0.409 e. The third-order valence-corrected chi connectivity index (χ3v) is 2.74. The van der Waals surface area contributed by atoms with E-state index in [9.17, 15) is 4.79 Å². The highest BCUT2D eigenvalue weighted by atomic mass is 16.4. The molecule has 0 saturated heterocycles. The van der Waals surface area contributed by atoms with E-state index in [4.69, 9.17) is 10.9 Å². The number of carbonyl (C=O) groups excluding carboxylic acids is 1. The van der Waals surface area contributed by atoms with Gasteiger partial charge in [-0.15, -0.1) is 0 Å². The first kappa shape index (κ1) is 12.6. The van der Waals surface area contributed by atoms with Gasteiger partial charge in [-0.2, -0.15) is 10.2 Å². The third-order valence-electron chi connectivity index (χ3n) is 2.74. The number of nitrogens with zero attached hydrogens (tertiary/aromatic N) is 4. The molecule has 0 atom stereocenters. The number of aromatic nitrogens is 4. The van der Waals surface area contributed by atoms with Crippen LogP contribution in [0.2, 0.25) is 0 Å². The van der Waals surface area contributed by atoms with E-state index in [0.717, 1.165) is 5.69 Å². The number of anilines is 1. The molecule has 0 radical (unpaired) electrons. The standard InChI is InChI=1S/C10H13N7O2/c1-5-6(4-13-17(5)2)10(18)14-9-7(3-12-15-9)8(11)16-19/h3-4,19H,1-2H3,(H2,11,16)(H2,12,14,15,18). The molecule has 0 unspecified atom stereocenters. The lowest BCUT2D eigenvalue weighted by atomic mass is 10.2. The van der Waals surface area contributed by atoms with Crippen LogP contribution in [0.15, 0.2) is 17.5 Å². The Morgan fingerprint density at radius 3 is 2.84 bits per heavy atom. The van der Waals surface area contributed by atoms with Crippen LogP contribution < -0.4 is 11.1 Å². The number of carbonyl (C=O) groups is 1. The summed E-state index contributed by atoms with van der Waals surface area (Å²) in [5.41, 5.74) is 6.92. The van der Waals surface area contributed by atoms with Gasteiger partial charge in [-0.25, -0.2) is 0 Å². The highest BCUT2D eigenvalue weighted by molar-refractivity contribution is 6.09. The predicted octanol–water partition coefficient (Wildman–Crippen LogP) is -0.202. The van der Waals surface area contributed by atoms with Crippen molar-refractivity contribution < 1.29 is 10.0 Å². The van der Waals surface area contributed by atoms with Crippen LogP contribution >= 0.6 is 0 Å². The van der Waals surface area contributed by atoms with Crippen molar-refractivity contribution in [3.8, 4) is 0 Å². The lowest BCUT2D eigenvalue weighted by Crippen LogP contribution is -2.18. The average molecular weight is 263 g/mol. The average Bonchev–Trinajstić information content (AvgIpc) is 2.97. The van der Waals surface area contributed by atoms with E-state index in [1.165, 1.54) is 12.4 Å². The maximum atomic E-state index is 12.1. The number of amidine groups is 1. The van der Waals surface area contributed by atoms with Crippen LogP contribution in [0.1, 0.15) is 21.6 Å². The summed E-state index contributed by atoms with van der Waals surface area (Å²) in [4.78, 5) is 12.1. The molecule has 0 aliphatic rings. The van der Waals surface area contributed by atoms with Crippen molar-refractivity contribution in [2.45, 2.75) is 6.92 Å². The van der Waals surface area contributed by atoms with E-state index < -0.39 is 0 Å². The second-order valence-electron chi connectivity index (χ2n) is 3.87. The number of oxime groups is 1. The summed E-state index contributed by atoms with van der Waals surface area (Å²) < 4.78 is 1.59. The number of amides is 1. The first-order valence-corrected chi connectivity index (χ1v) is 5.35. The van der Waals surface area contributed by atoms with Gasteiger partial charge >= 0.3 is 0 Å². The summed E-state index contributed by atoms with van der Waals surface area (Å²) in [7, 11) is 1.74. The predicted molar refractivity (Wildman–Crippen MR) is 67.0 cm³/mol. The molecule has 2 aromatic rings. The number of aromatic amines is 1. The van der Waals surface area contributed by atoms with Crippen LogP contribution in [0.4, 0.5) is 5.82 Å². The zero-order chi connectivity index (χ0) is 14.0. The van der Waals surface area contributed by atoms with E-state index in [1.807, 2.05) is 0 Å². The number of H-pyrrole nitrogens is 1. The van der Waals surface area contributed by atoms with E-state index in [-0.39, 0.29) is 17.6 Å². The van der Waals surface area contributed by atoms with Gasteiger partial charge in [0.05, 0.1) is 23.5 Å². The molecule has 2 aromatic heterocycles. The Balaban J connectivity index is 2.25. The molecule has 1 amide bonds. The van der Waals surface area contributed by atoms with E-state index in [0.29, 0.717) is 11.1 Å². The number of hydrogen-bond acceptors (Lipinski definition) is 5. The fourth-order valence-corrected chi connectivity index (χ4v) is 1.53. The molecule has 0 aliphatic heterocycles. The molecule has 19 heavy (non-hydrogen) atoms. The van der Waals surface area contributed by atoms with Crippen molar-refractivity contribution >= 4 is 17.6 Å². The van der Waals surface area contributed by atoms with Crippen molar-refractivity contribution in [2.24, 2.45) is 17.9 Å². The molecular weight excluding hydrogens is 250 g/mol. The zero-order valence-corrected chi connectivity index (χ0v) is 10.4. The van der Waals surface area contributed by atoms with Crippen LogP contribution in [0.5, 0.6) is 0 Å². The molecule has 0 saturated carbocycles. The van der Waals surface area contributed by atoms with Crippen molar-refractivity contribution in [3.63, 3.8) is 0 Å². The van der Waals surface area contributed by atoms with Crippen molar-refractivity contribution in [2.75, 3.05) is 5.32 Å². The maximum Gasteiger partial charge on any atom is 0.260 e. The first-order valence-electron chi connectivity index (χ1n) is 5.35. The molecule has 0 fully saturated rings. The summed E-state index contributed by atoms with van der Waals surface area (Å²) in [6.07, 6.45) is 2.81. The largest absolute Gasteiger partial charge is 0.409 e. The second-order valence-corrected chi connectivity index (χ2v) is 3.87. The number of aryl methyl sites for hydroxylation is 1. The molecular formula is C10H13N7O2. The van der Waals surface area contributed by atoms with Crippen LogP contribution in [-0.2, 0) is 7.05 Å². The monoisotopic (exact) mass is 263 g/mol. The van der Waals surface area contributed by atoms with Crippen LogP contribution in [-0.4, -0.2) is 36.9 Å². The van der Waals surface area contributed by atoms with Crippen LogP contribution in [0.25, 0.3) is 0 Å². The molecule has 0 aromatic carbocycles. The van der Waals surface area contributed by atoms with E-state index >= 15 is 0 Å². The second kappa shape index (κ2) is 4.80. The first-order chi connectivity index (χ1) is 9.04.